The van der Waals surface area contributed by atoms with E-state index >= 15 is 0 Å². The van der Waals surface area contributed by atoms with E-state index in [1.54, 1.807) is 48.5 Å². The number of phenols is 2. The van der Waals surface area contributed by atoms with Gasteiger partial charge in [0.1, 0.15) is 18.1 Å². The van der Waals surface area contributed by atoms with Crippen LogP contribution in [0.2, 0.25) is 0 Å². The fraction of sp³-hybridized carbons (Fsp3) is 0.233. The number of hydrogen-bond acceptors (Lipinski definition) is 5. The zero-order valence-electron chi connectivity index (χ0n) is 19.9. The molecule has 1 aliphatic rings. The van der Waals surface area contributed by atoms with Crippen molar-refractivity contribution in [1.82, 2.24) is 4.90 Å². The highest BCUT2D eigenvalue weighted by Crippen LogP contribution is 2.35. The molecule has 4 aromatic rings. The number of benzene rings is 4. The molecule has 4 aromatic carbocycles. The number of rotatable bonds is 7. The first kappa shape index (κ1) is 23.8. The van der Waals surface area contributed by atoms with E-state index in [-0.39, 0.29) is 11.5 Å². The summed E-state index contributed by atoms with van der Waals surface area (Å²) in [4.78, 5) is 16.2. The van der Waals surface area contributed by atoms with Crippen LogP contribution in [0.25, 0.3) is 21.9 Å². The lowest BCUT2D eigenvalue weighted by Gasteiger charge is -2.26. The molecule has 184 valence electrons. The van der Waals surface area contributed by atoms with Crippen molar-refractivity contribution in [2.24, 2.45) is 0 Å². The predicted octanol–water partition coefficient (Wildman–Crippen LogP) is 6.15. The van der Waals surface area contributed by atoms with Crippen molar-refractivity contribution in [3.63, 3.8) is 0 Å². The lowest BCUT2D eigenvalue weighted by atomic mass is 9.89. The van der Waals surface area contributed by atoms with Gasteiger partial charge in [-0.1, -0.05) is 24.6 Å². The van der Waals surface area contributed by atoms with Gasteiger partial charge in [-0.15, -0.1) is 0 Å². The van der Waals surface area contributed by atoms with Crippen LogP contribution in [0.4, 0.5) is 4.39 Å². The molecule has 6 heteroatoms. The third-order valence-electron chi connectivity index (χ3n) is 6.73. The van der Waals surface area contributed by atoms with Gasteiger partial charge in [-0.2, -0.15) is 0 Å². The molecule has 0 spiro atoms. The van der Waals surface area contributed by atoms with Crippen LogP contribution in [0, 0.1) is 5.82 Å². The van der Waals surface area contributed by atoms with E-state index in [2.05, 4.69) is 4.90 Å². The topological polar surface area (TPSA) is 70.0 Å². The molecule has 0 unspecified atom stereocenters. The SMILES string of the molecule is O=C(c1ccc(OCCN2CCCCC2)cc1)c1c(-c2ccc(F)c(O)c2)ccc2cc(O)ccc12. The van der Waals surface area contributed by atoms with Crippen LogP contribution in [-0.4, -0.2) is 47.1 Å². The van der Waals surface area contributed by atoms with Crippen LogP contribution >= 0.6 is 0 Å². The van der Waals surface area contributed by atoms with E-state index in [1.807, 2.05) is 0 Å². The summed E-state index contributed by atoms with van der Waals surface area (Å²) in [5, 5.41) is 21.2. The molecule has 0 amide bonds. The summed E-state index contributed by atoms with van der Waals surface area (Å²) in [6.45, 7) is 3.72. The molecule has 1 saturated heterocycles. The van der Waals surface area contributed by atoms with E-state index < -0.39 is 11.6 Å². The number of ketones is 1. The van der Waals surface area contributed by atoms with Crippen molar-refractivity contribution in [1.29, 1.82) is 0 Å². The smallest absolute Gasteiger partial charge is 0.194 e. The zero-order chi connectivity index (χ0) is 25.1. The number of carbonyl (C=O) groups excluding carboxylic acids is 1. The normalized spacial score (nSPS) is 14.1. The Bertz CT molecular complexity index is 1390. The maximum absolute atomic E-state index is 13.8. The number of aromatic hydroxyl groups is 2. The molecule has 5 rings (SSSR count). The highest BCUT2D eigenvalue weighted by molar-refractivity contribution is 6.20. The lowest BCUT2D eigenvalue weighted by molar-refractivity contribution is 0.104. The Kier molecular flexibility index (Phi) is 6.87. The van der Waals surface area contributed by atoms with Crippen LogP contribution in [0.3, 0.4) is 0 Å². The minimum atomic E-state index is -0.729. The van der Waals surface area contributed by atoms with E-state index in [0.717, 1.165) is 19.6 Å². The Morgan fingerprint density at radius 2 is 1.67 bits per heavy atom. The van der Waals surface area contributed by atoms with Gasteiger partial charge in [-0.05, 0) is 102 Å². The van der Waals surface area contributed by atoms with E-state index in [1.165, 1.54) is 43.5 Å². The standard InChI is InChI=1S/C30H28FNO4/c31-27-13-7-22(19-28(27)34)25-11-6-21-18-23(33)8-12-26(21)29(25)30(35)20-4-9-24(10-5-20)36-17-16-32-14-2-1-3-15-32/h4-13,18-19,33-34H,1-3,14-17H2. The van der Waals surface area contributed by atoms with Gasteiger partial charge in [0.25, 0.3) is 0 Å². The number of ether oxygens (including phenoxy) is 1. The van der Waals surface area contributed by atoms with Gasteiger partial charge in [0.05, 0.1) is 0 Å². The van der Waals surface area contributed by atoms with Gasteiger partial charge < -0.3 is 14.9 Å². The second-order valence-electron chi connectivity index (χ2n) is 9.16. The monoisotopic (exact) mass is 485 g/mol. The number of hydrogen-bond donors (Lipinski definition) is 2. The average molecular weight is 486 g/mol. The minimum absolute atomic E-state index is 0.0964. The highest BCUT2D eigenvalue weighted by Gasteiger charge is 2.20. The van der Waals surface area contributed by atoms with Gasteiger partial charge >= 0.3 is 0 Å². The predicted molar refractivity (Wildman–Crippen MR) is 138 cm³/mol. The summed E-state index contributed by atoms with van der Waals surface area (Å²) in [5.41, 5.74) is 1.98. The molecule has 36 heavy (non-hydrogen) atoms. The molecule has 2 N–H and O–H groups in total. The Morgan fingerprint density at radius 1 is 0.889 bits per heavy atom. The third kappa shape index (κ3) is 5.04. The Balaban J connectivity index is 1.44. The quantitative estimate of drug-likeness (QED) is 0.307. The first-order valence-corrected chi connectivity index (χ1v) is 12.2. The molecular weight excluding hydrogens is 457 g/mol. The Morgan fingerprint density at radius 3 is 2.42 bits per heavy atom. The number of nitrogens with zero attached hydrogens (tertiary/aromatic N) is 1. The summed E-state index contributed by atoms with van der Waals surface area (Å²) in [6, 6.07) is 19.5. The van der Waals surface area contributed by atoms with Crippen molar-refractivity contribution >= 4 is 16.6 Å². The van der Waals surface area contributed by atoms with Crippen molar-refractivity contribution in [2.45, 2.75) is 19.3 Å². The van der Waals surface area contributed by atoms with Crippen LogP contribution in [0.5, 0.6) is 17.2 Å². The molecule has 0 atom stereocenters. The summed E-state index contributed by atoms with van der Waals surface area (Å²) in [6.07, 6.45) is 3.78. The molecule has 5 nitrogen and oxygen atoms in total. The molecule has 0 bridgehead atoms. The summed E-state index contributed by atoms with van der Waals surface area (Å²) >= 11 is 0. The molecule has 0 aliphatic carbocycles. The number of phenolic OH excluding ortho intramolecular Hbond substituents is 2. The number of likely N-dealkylation sites (tertiary alicyclic amines) is 1. The van der Waals surface area contributed by atoms with Crippen molar-refractivity contribution in [3.8, 4) is 28.4 Å². The van der Waals surface area contributed by atoms with Crippen LogP contribution in [-0.2, 0) is 0 Å². The van der Waals surface area contributed by atoms with Crippen LogP contribution in [0.1, 0.15) is 35.2 Å². The van der Waals surface area contributed by atoms with Gasteiger partial charge in [-0.25, -0.2) is 4.39 Å². The van der Waals surface area contributed by atoms with E-state index in [9.17, 15) is 19.4 Å². The number of piperidine rings is 1. The summed E-state index contributed by atoms with van der Waals surface area (Å²) < 4.78 is 19.6. The second-order valence-corrected chi connectivity index (χ2v) is 9.16. The Hall–Kier alpha value is -3.90. The first-order valence-electron chi connectivity index (χ1n) is 12.2. The first-order chi connectivity index (χ1) is 17.5. The second kappa shape index (κ2) is 10.4. The number of fused-ring (bicyclic) bond motifs is 1. The molecular formula is C30H28FNO4. The minimum Gasteiger partial charge on any atom is -0.508 e. The molecule has 1 fully saturated rings. The fourth-order valence-corrected chi connectivity index (χ4v) is 4.81. The van der Waals surface area contributed by atoms with Gasteiger partial charge in [0, 0.05) is 17.7 Å². The molecule has 1 heterocycles. The highest BCUT2D eigenvalue weighted by atomic mass is 19.1. The maximum atomic E-state index is 13.8. The van der Waals surface area contributed by atoms with Crippen LogP contribution < -0.4 is 4.74 Å². The van der Waals surface area contributed by atoms with Gasteiger partial charge in [-0.3, -0.25) is 9.69 Å². The average Bonchev–Trinajstić information content (AvgIpc) is 2.90. The van der Waals surface area contributed by atoms with Crippen molar-refractivity contribution in [3.05, 3.63) is 89.7 Å². The van der Waals surface area contributed by atoms with Crippen molar-refractivity contribution < 1.29 is 24.1 Å². The molecule has 0 aromatic heterocycles. The molecule has 1 aliphatic heterocycles. The van der Waals surface area contributed by atoms with E-state index in [4.69, 9.17) is 4.74 Å². The van der Waals surface area contributed by atoms with Gasteiger partial charge in [0.2, 0.25) is 0 Å². The zero-order valence-corrected chi connectivity index (χ0v) is 19.9. The Labute approximate surface area is 209 Å². The van der Waals surface area contributed by atoms with Gasteiger partial charge in [0.15, 0.2) is 17.3 Å². The summed E-state index contributed by atoms with van der Waals surface area (Å²) in [5.74, 6) is -0.629. The largest absolute Gasteiger partial charge is 0.508 e. The summed E-state index contributed by atoms with van der Waals surface area (Å²) in [7, 11) is 0. The maximum Gasteiger partial charge on any atom is 0.194 e. The fourth-order valence-electron chi connectivity index (χ4n) is 4.81. The third-order valence-corrected chi connectivity index (χ3v) is 6.73. The van der Waals surface area contributed by atoms with Crippen LogP contribution in [0.15, 0.2) is 72.8 Å². The lowest BCUT2D eigenvalue weighted by Crippen LogP contribution is -2.33. The van der Waals surface area contributed by atoms with E-state index in [0.29, 0.717) is 45.4 Å². The molecule has 0 saturated carbocycles. The number of carbonyl (C=O) groups is 1. The van der Waals surface area contributed by atoms with Crippen molar-refractivity contribution in [2.75, 3.05) is 26.2 Å². The molecule has 0 radical (unpaired) electrons. The number of halogens is 1.